The van der Waals surface area contributed by atoms with E-state index in [0.29, 0.717) is 12.8 Å². The van der Waals surface area contributed by atoms with E-state index in [-0.39, 0.29) is 24.1 Å². The van der Waals surface area contributed by atoms with Gasteiger partial charge < -0.3 is 5.11 Å². The van der Waals surface area contributed by atoms with E-state index in [2.05, 4.69) is 0 Å². The fourth-order valence-corrected chi connectivity index (χ4v) is 2.44. The van der Waals surface area contributed by atoms with E-state index < -0.39 is 0 Å². The van der Waals surface area contributed by atoms with Crippen LogP contribution in [0.25, 0.3) is 0 Å². The Morgan fingerprint density at radius 2 is 1.85 bits per heavy atom. The van der Waals surface area contributed by atoms with E-state index >= 15 is 0 Å². The number of hydrogen-bond acceptors (Lipinski definition) is 2. The third-order valence-corrected chi connectivity index (χ3v) is 3.56. The van der Waals surface area contributed by atoms with Crippen LogP contribution < -0.4 is 0 Å². The molecule has 1 atom stereocenters. The summed E-state index contributed by atoms with van der Waals surface area (Å²) in [7, 11) is 0. The Kier molecular flexibility index (Phi) is 5.24. The van der Waals surface area contributed by atoms with E-state index in [1.165, 1.54) is 18.2 Å². The number of carbonyl (C=O) groups excluding carboxylic acids is 1. The lowest BCUT2D eigenvalue weighted by Crippen LogP contribution is -2.09. The van der Waals surface area contributed by atoms with E-state index in [0.717, 1.165) is 24.0 Å². The van der Waals surface area contributed by atoms with Gasteiger partial charge in [0.2, 0.25) is 0 Å². The number of rotatable bonds is 3. The highest BCUT2D eigenvalue weighted by Crippen LogP contribution is 2.21. The van der Waals surface area contributed by atoms with Crippen LogP contribution in [-0.4, -0.2) is 10.9 Å². The van der Waals surface area contributed by atoms with Gasteiger partial charge in [-0.15, -0.1) is 0 Å². The predicted molar refractivity (Wildman–Crippen MR) is 76.7 cm³/mol. The van der Waals surface area contributed by atoms with Crippen LogP contribution in [0.5, 0.6) is 0 Å². The van der Waals surface area contributed by atoms with Gasteiger partial charge >= 0.3 is 0 Å². The van der Waals surface area contributed by atoms with E-state index in [9.17, 15) is 9.18 Å². The molecule has 0 heterocycles. The molecule has 1 aliphatic carbocycles. The smallest absolute Gasteiger partial charge is 0.156 e. The van der Waals surface area contributed by atoms with Gasteiger partial charge in [0.25, 0.3) is 0 Å². The molecule has 0 bridgehead atoms. The first kappa shape index (κ1) is 14.7. The van der Waals surface area contributed by atoms with Crippen LogP contribution in [0, 0.1) is 5.92 Å². The molecule has 0 saturated carbocycles. The molecule has 1 unspecified atom stereocenters. The number of carbonyl (C=O) groups is 1. The van der Waals surface area contributed by atoms with Crippen LogP contribution in [0.15, 0.2) is 48.3 Å². The van der Waals surface area contributed by atoms with Crippen molar-refractivity contribution in [2.24, 2.45) is 5.92 Å². The Hall–Kier alpha value is -1.74. The number of ketones is 1. The highest BCUT2D eigenvalue weighted by molar-refractivity contribution is 5.90. The maximum Gasteiger partial charge on any atom is 0.156 e. The summed E-state index contributed by atoms with van der Waals surface area (Å²) in [6.07, 6.45) is 6.85. The number of benzene rings is 1. The zero-order valence-corrected chi connectivity index (χ0v) is 11.4. The van der Waals surface area contributed by atoms with Gasteiger partial charge in [-0.2, -0.15) is 0 Å². The fraction of sp³-hybridized carbons (Fsp3) is 0.353. The number of aliphatic hydroxyl groups excluding tert-OH is 1. The molecule has 0 fully saturated rings. The minimum Gasteiger partial charge on any atom is -0.392 e. The van der Waals surface area contributed by atoms with Crippen LogP contribution in [0.1, 0.15) is 30.4 Å². The molecule has 1 aromatic rings. The first-order valence-electron chi connectivity index (χ1n) is 6.92. The summed E-state index contributed by atoms with van der Waals surface area (Å²) >= 11 is 0. The lowest BCUT2D eigenvalue weighted by molar-refractivity contribution is -0.115. The van der Waals surface area contributed by atoms with Crippen molar-refractivity contribution in [1.29, 1.82) is 0 Å². The van der Waals surface area contributed by atoms with E-state index in [1.54, 1.807) is 0 Å². The van der Waals surface area contributed by atoms with Crippen molar-refractivity contribution < 1.29 is 14.3 Å². The third kappa shape index (κ3) is 4.42. The molecule has 0 spiro atoms. The molecule has 1 N–H and O–H groups in total. The monoisotopic (exact) mass is 274 g/mol. The van der Waals surface area contributed by atoms with Crippen molar-refractivity contribution >= 4 is 5.78 Å². The van der Waals surface area contributed by atoms with Gasteiger partial charge in [0, 0.05) is 6.42 Å². The zero-order chi connectivity index (χ0) is 14.4. The fourth-order valence-electron chi connectivity index (χ4n) is 2.44. The van der Waals surface area contributed by atoms with Crippen molar-refractivity contribution in [3.63, 3.8) is 0 Å². The summed E-state index contributed by atoms with van der Waals surface area (Å²) in [5.74, 6) is -0.118. The highest BCUT2D eigenvalue weighted by atomic mass is 19.1. The van der Waals surface area contributed by atoms with Crippen LogP contribution >= 0.6 is 0 Å². The molecule has 0 saturated heterocycles. The molecule has 20 heavy (non-hydrogen) atoms. The SMILES string of the molecule is O=C1/C=C\C(F)=C/CCC(Cc2ccc(CO)cc2)C1. The molecule has 2 nitrogen and oxygen atoms in total. The minimum absolute atomic E-state index is 0.0209. The molecule has 2 rings (SSSR count). The quantitative estimate of drug-likeness (QED) is 0.916. The Morgan fingerprint density at radius 3 is 2.55 bits per heavy atom. The van der Waals surface area contributed by atoms with Gasteiger partial charge in [0.1, 0.15) is 5.83 Å². The summed E-state index contributed by atoms with van der Waals surface area (Å²) < 4.78 is 13.2. The number of halogens is 1. The zero-order valence-electron chi connectivity index (χ0n) is 11.4. The van der Waals surface area contributed by atoms with Gasteiger partial charge in [0.15, 0.2) is 5.78 Å². The second-order valence-electron chi connectivity index (χ2n) is 5.21. The average Bonchev–Trinajstić information content (AvgIpc) is 2.52. The summed E-state index contributed by atoms with van der Waals surface area (Å²) in [5.41, 5.74) is 2.03. The van der Waals surface area contributed by atoms with Gasteiger partial charge in [-0.3, -0.25) is 4.79 Å². The first-order valence-corrected chi connectivity index (χ1v) is 6.92. The molecule has 106 valence electrons. The molecule has 0 aromatic heterocycles. The van der Waals surface area contributed by atoms with Crippen molar-refractivity contribution in [3.05, 3.63) is 59.4 Å². The molecule has 1 aromatic carbocycles. The summed E-state index contributed by atoms with van der Waals surface area (Å²) in [4.78, 5) is 11.7. The Bertz CT molecular complexity index is 514. The number of allylic oxidation sites excluding steroid dienone is 4. The van der Waals surface area contributed by atoms with E-state index in [1.807, 2.05) is 24.3 Å². The predicted octanol–water partition coefficient (Wildman–Crippen LogP) is 3.50. The molecule has 0 aliphatic heterocycles. The second-order valence-corrected chi connectivity index (χ2v) is 5.21. The third-order valence-electron chi connectivity index (χ3n) is 3.56. The topological polar surface area (TPSA) is 37.3 Å². The van der Waals surface area contributed by atoms with Crippen LogP contribution in [0.4, 0.5) is 4.39 Å². The standard InChI is InChI=1S/C17H19FO2/c18-16-3-1-2-15(11-17(20)9-8-16)10-13-4-6-14(12-19)7-5-13/h3-9,15,19H,1-2,10-12H2/b9-8-,16-3+. The molecule has 1 aliphatic rings. The van der Waals surface area contributed by atoms with Gasteiger partial charge in [0.05, 0.1) is 6.61 Å². The highest BCUT2D eigenvalue weighted by Gasteiger charge is 2.14. The maximum absolute atomic E-state index is 13.2. The maximum atomic E-state index is 13.2. The van der Waals surface area contributed by atoms with Crippen LogP contribution in [-0.2, 0) is 17.8 Å². The summed E-state index contributed by atoms with van der Waals surface area (Å²) in [6.45, 7) is 0.0388. The lowest BCUT2D eigenvalue weighted by Gasteiger charge is -2.14. The van der Waals surface area contributed by atoms with Crippen LogP contribution in [0.3, 0.4) is 0 Å². The van der Waals surface area contributed by atoms with Crippen molar-refractivity contribution in [3.8, 4) is 0 Å². The Labute approximate surface area is 118 Å². The lowest BCUT2D eigenvalue weighted by atomic mass is 9.90. The summed E-state index contributed by atoms with van der Waals surface area (Å²) in [5, 5.41) is 9.01. The molecular formula is C17H19FO2. The average molecular weight is 274 g/mol. The van der Waals surface area contributed by atoms with E-state index in [4.69, 9.17) is 5.11 Å². The molecule has 0 amide bonds. The minimum atomic E-state index is -0.328. The van der Waals surface area contributed by atoms with Crippen molar-refractivity contribution in [2.45, 2.75) is 32.3 Å². The first-order chi connectivity index (χ1) is 9.67. The Morgan fingerprint density at radius 1 is 1.15 bits per heavy atom. The summed E-state index contributed by atoms with van der Waals surface area (Å²) in [6, 6.07) is 7.75. The largest absolute Gasteiger partial charge is 0.392 e. The molecule has 0 radical (unpaired) electrons. The Balaban J connectivity index is 2.03. The number of hydrogen-bond donors (Lipinski definition) is 1. The second kappa shape index (κ2) is 7.15. The van der Waals surface area contributed by atoms with Crippen LogP contribution in [0.2, 0.25) is 0 Å². The normalized spacial score (nSPS) is 24.2. The molecule has 3 heteroatoms. The van der Waals surface area contributed by atoms with Gasteiger partial charge in [-0.05, 0) is 54.5 Å². The molecular weight excluding hydrogens is 255 g/mol. The van der Waals surface area contributed by atoms with Crippen molar-refractivity contribution in [1.82, 2.24) is 0 Å². The van der Waals surface area contributed by atoms with Gasteiger partial charge in [-0.25, -0.2) is 4.39 Å². The van der Waals surface area contributed by atoms with Gasteiger partial charge in [-0.1, -0.05) is 24.3 Å². The number of aliphatic hydroxyl groups is 1. The van der Waals surface area contributed by atoms with Crippen molar-refractivity contribution in [2.75, 3.05) is 0 Å².